The normalized spacial score (nSPS) is 14.7. The minimum absolute atomic E-state index is 0.132. The van der Waals surface area contributed by atoms with Crippen LogP contribution in [0.5, 0.6) is 0 Å². The van der Waals surface area contributed by atoms with Crippen LogP contribution in [0.4, 0.5) is 10.1 Å². The lowest BCUT2D eigenvalue weighted by molar-refractivity contribution is 0.614. The number of anilines is 1. The van der Waals surface area contributed by atoms with E-state index >= 15 is 0 Å². The van der Waals surface area contributed by atoms with E-state index in [0.717, 1.165) is 43.6 Å². The molecule has 0 fully saturated rings. The van der Waals surface area contributed by atoms with Crippen LogP contribution in [0, 0.1) is 5.82 Å². The van der Waals surface area contributed by atoms with Gasteiger partial charge in [0, 0.05) is 13.1 Å². The summed E-state index contributed by atoms with van der Waals surface area (Å²) >= 11 is 0. The highest BCUT2D eigenvalue weighted by Gasteiger charge is 2.19. The lowest BCUT2D eigenvalue weighted by Gasteiger charge is -2.26. The third-order valence-corrected chi connectivity index (χ3v) is 4.22. The van der Waals surface area contributed by atoms with Gasteiger partial charge in [-0.15, -0.1) is 0 Å². The van der Waals surface area contributed by atoms with Crippen molar-refractivity contribution < 1.29 is 4.39 Å². The van der Waals surface area contributed by atoms with Gasteiger partial charge in [0.25, 0.3) is 0 Å². The molecule has 0 aromatic heterocycles. The van der Waals surface area contributed by atoms with Crippen LogP contribution in [0.25, 0.3) is 0 Å². The van der Waals surface area contributed by atoms with Gasteiger partial charge in [-0.2, -0.15) is 0 Å². The maximum Gasteiger partial charge on any atom is 0.146 e. The van der Waals surface area contributed by atoms with Crippen LogP contribution in [0.2, 0.25) is 0 Å². The molecule has 0 aliphatic carbocycles. The highest BCUT2D eigenvalue weighted by atomic mass is 19.1. The van der Waals surface area contributed by atoms with Crippen LogP contribution in [-0.2, 0) is 19.3 Å². The van der Waals surface area contributed by atoms with Crippen molar-refractivity contribution in [3.8, 4) is 0 Å². The third-order valence-electron chi connectivity index (χ3n) is 4.22. The van der Waals surface area contributed by atoms with Gasteiger partial charge < -0.3 is 10.6 Å². The lowest BCUT2D eigenvalue weighted by atomic mass is 10.0. The van der Waals surface area contributed by atoms with Crippen molar-refractivity contribution in [2.24, 2.45) is 5.73 Å². The van der Waals surface area contributed by atoms with Gasteiger partial charge in [0.1, 0.15) is 5.82 Å². The number of hydrogen-bond donors (Lipinski definition) is 1. The van der Waals surface area contributed by atoms with Crippen molar-refractivity contribution in [2.45, 2.75) is 19.3 Å². The molecule has 21 heavy (non-hydrogen) atoms. The summed E-state index contributed by atoms with van der Waals surface area (Å²) in [6.45, 7) is 2.26. The molecular formula is C18H21FN2. The van der Waals surface area contributed by atoms with Gasteiger partial charge in [0.15, 0.2) is 0 Å². The van der Waals surface area contributed by atoms with E-state index in [-0.39, 0.29) is 5.82 Å². The molecule has 0 saturated heterocycles. The average Bonchev–Trinajstić information content (AvgIpc) is 2.71. The van der Waals surface area contributed by atoms with Gasteiger partial charge in [-0.3, -0.25) is 0 Å². The van der Waals surface area contributed by atoms with Crippen LogP contribution < -0.4 is 10.6 Å². The molecule has 0 spiro atoms. The van der Waals surface area contributed by atoms with Gasteiger partial charge in [-0.05, 0) is 48.6 Å². The van der Waals surface area contributed by atoms with Gasteiger partial charge in [0.05, 0.1) is 5.69 Å². The molecule has 0 saturated carbocycles. The second-order valence-corrected chi connectivity index (χ2v) is 5.54. The van der Waals surface area contributed by atoms with E-state index in [0.29, 0.717) is 6.54 Å². The van der Waals surface area contributed by atoms with Gasteiger partial charge in [-0.25, -0.2) is 4.39 Å². The molecule has 0 atom stereocenters. The number of fused-ring (bicyclic) bond motifs is 1. The Morgan fingerprint density at radius 1 is 0.952 bits per heavy atom. The zero-order valence-corrected chi connectivity index (χ0v) is 12.2. The number of rotatable bonds is 3. The van der Waals surface area contributed by atoms with Crippen molar-refractivity contribution >= 4 is 5.69 Å². The number of halogens is 1. The molecule has 2 aromatic rings. The largest absolute Gasteiger partial charge is 0.368 e. The van der Waals surface area contributed by atoms with E-state index < -0.39 is 0 Å². The van der Waals surface area contributed by atoms with E-state index in [2.05, 4.69) is 29.2 Å². The van der Waals surface area contributed by atoms with E-state index in [1.165, 1.54) is 11.1 Å². The quantitative estimate of drug-likeness (QED) is 0.939. The number of hydrogen-bond acceptors (Lipinski definition) is 2. The first-order valence-electron chi connectivity index (χ1n) is 7.59. The van der Waals surface area contributed by atoms with E-state index in [9.17, 15) is 4.39 Å². The molecule has 3 rings (SSSR count). The zero-order valence-electron chi connectivity index (χ0n) is 12.2. The van der Waals surface area contributed by atoms with Crippen LogP contribution in [-0.4, -0.2) is 19.6 Å². The van der Waals surface area contributed by atoms with Gasteiger partial charge in [0.2, 0.25) is 0 Å². The first-order chi connectivity index (χ1) is 10.3. The van der Waals surface area contributed by atoms with E-state index in [1.54, 1.807) is 12.1 Å². The van der Waals surface area contributed by atoms with Crippen LogP contribution in [0.3, 0.4) is 0 Å². The van der Waals surface area contributed by atoms with Crippen molar-refractivity contribution in [2.75, 3.05) is 24.5 Å². The molecule has 0 radical (unpaired) electrons. The van der Waals surface area contributed by atoms with Crippen LogP contribution >= 0.6 is 0 Å². The topological polar surface area (TPSA) is 29.3 Å². The summed E-state index contributed by atoms with van der Waals surface area (Å²) in [5, 5.41) is 0. The predicted molar refractivity (Wildman–Crippen MR) is 85.2 cm³/mol. The van der Waals surface area contributed by atoms with Gasteiger partial charge in [-0.1, -0.05) is 36.4 Å². The molecule has 0 bridgehead atoms. The molecule has 110 valence electrons. The highest BCUT2D eigenvalue weighted by Crippen LogP contribution is 2.27. The summed E-state index contributed by atoms with van der Waals surface area (Å²) in [5.74, 6) is -0.132. The molecule has 2 aromatic carbocycles. The van der Waals surface area contributed by atoms with Crippen LogP contribution in [0.1, 0.15) is 16.7 Å². The molecule has 2 nitrogen and oxygen atoms in total. The zero-order chi connectivity index (χ0) is 14.7. The highest BCUT2D eigenvalue weighted by molar-refractivity contribution is 5.56. The Labute approximate surface area is 125 Å². The van der Waals surface area contributed by atoms with E-state index in [1.807, 2.05) is 6.07 Å². The van der Waals surface area contributed by atoms with Crippen LogP contribution in [0.15, 0.2) is 42.5 Å². The smallest absolute Gasteiger partial charge is 0.146 e. The second kappa shape index (κ2) is 6.27. The molecule has 0 amide bonds. The maximum absolute atomic E-state index is 14.3. The monoisotopic (exact) mass is 284 g/mol. The maximum atomic E-state index is 14.3. The molecular weight excluding hydrogens is 263 g/mol. The molecule has 1 aliphatic heterocycles. The molecule has 1 heterocycles. The summed E-state index contributed by atoms with van der Waals surface area (Å²) in [5.41, 5.74) is 10.2. The Morgan fingerprint density at radius 2 is 1.62 bits per heavy atom. The Morgan fingerprint density at radius 3 is 2.24 bits per heavy atom. The Hall–Kier alpha value is -1.87. The number of para-hydroxylation sites is 1. The summed E-state index contributed by atoms with van der Waals surface area (Å²) < 4.78 is 14.3. The fourth-order valence-corrected chi connectivity index (χ4v) is 3.16. The minimum atomic E-state index is -0.132. The average molecular weight is 284 g/mol. The number of nitrogens with zero attached hydrogens (tertiary/aromatic N) is 1. The summed E-state index contributed by atoms with van der Waals surface area (Å²) in [6, 6.07) is 13.8. The van der Waals surface area contributed by atoms with Crippen molar-refractivity contribution in [3.63, 3.8) is 0 Å². The minimum Gasteiger partial charge on any atom is -0.368 e. The summed E-state index contributed by atoms with van der Waals surface area (Å²) in [6.07, 6.45) is 2.65. The lowest BCUT2D eigenvalue weighted by Crippen LogP contribution is -2.28. The number of nitrogens with two attached hydrogens (primary N) is 1. The Kier molecular flexibility index (Phi) is 4.20. The fraction of sp³-hybridized carbons (Fsp3) is 0.333. The first kappa shape index (κ1) is 14.1. The number of benzene rings is 2. The fourth-order valence-electron chi connectivity index (χ4n) is 3.16. The Balaban J connectivity index is 1.89. The van der Waals surface area contributed by atoms with Crippen molar-refractivity contribution in [3.05, 3.63) is 65.0 Å². The molecule has 1 aliphatic rings. The van der Waals surface area contributed by atoms with Crippen molar-refractivity contribution in [1.29, 1.82) is 0 Å². The SMILES string of the molecule is NCCc1cccc(F)c1N1CCc2ccccc2CC1. The Bertz CT molecular complexity index is 597. The molecule has 0 unspecified atom stereocenters. The summed E-state index contributed by atoms with van der Waals surface area (Å²) in [4.78, 5) is 2.18. The first-order valence-corrected chi connectivity index (χ1v) is 7.59. The second-order valence-electron chi connectivity index (χ2n) is 5.54. The molecule has 2 N–H and O–H groups in total. The van der Waals surface area contributed by atoms with E-state index in [4.69, 9.17) is 5.73 Å². The molecule has 3 heteroatoms. The van der Waals surface area contributed by atoms with Crippen molar-refractivity contribution in [1.82, 2.24) is 0 Å². The third kappa shape index (κ3) is 2.93. The van der Waals surface area contributed by atoms with Gasteiger partial charge >= 0.3 is 0 Å². The predicted octanol–water partition coefficient (Wildman–Crippen LogP) is 2.93. The standard InChI is InChI=1S/C18H21FN2/c19-17-7-3-6-16(8-11-20)18(17)21-12-9-14-4-1-2-5-15(14)10-13-21/h1-7H,8-13,20H2. The summed E-state index contributed by atoms with van der Waals surface area (Å²) in [7, 11) is 0.